The van der Waals surface area contributed by atoms with Crippen LogP contribution >= 0.6 is 0 Å². The largest absolute Gasteiger partial charge is 0.479 e. The Balaban J connectivity index is 1.83. The lowest BCUT2D eigenvalue weighted by Crippen LogP contribution is -2.42. The van der Waals surface area contributed by atoms with E-state index in [0.29, 0.717) is 19.4 Å². The fourth-order valence-electron chi connectivity index (χ4n) is 2.27. The summed E-state index contributed by atoms with van der Waals surface area (Å²) in [5, 5.41) is 11.5. The molecule has 2 N–H and O–H groups in total. The summed E-state index contributed by atoms with van der Waals surface area (Å²) in [5.41, 5.74) is 0. The van der Waals surface area contributed by atoms with Gasteiger partial charge >= 0.3 is 5.97 Å². The van der Waals surface area contributed by atoms with Crippen LogP contribution in [-0.2, 0) is 19.1 Å². The van der Waals surface area contributed by atoms with Crippen LogP contribution in [0, 0.1) is 0 Å². The quantitative estimate of drug-likeness (QED) is 0.673. The van der Waals surface area contributed by atoms with E-state index >= 15 is 0 Å². The lowest BCUT2D eigenvalue weighted by molar-refractivity contribution is -0.151. The fourth-order valence-corrected chi connectivity index (χ4v) is 2.27. The molecule has 3 atom stereocenters. The van der Waals surface area contributed by atoms with Gasteiger partial charge in [-0.2, -0.15) is 0 Å². The smallest absolute Gasteiger partial charge is 0.332 e. The van der Waals surface area contributed by atoms with E-state index in [4.69, 9.17) is 9.84 Å². The summed E-state index contributed by atoms with van der Waals surface area (Å²) in [6.45, 7) is 0.486. The number of nitrogens with one attached hydrogen (secondary N) is 1. The van der Waals surface area contributed by atoms with Gasteiger partial charge in [-0.15, -0.1) is 0 Å². The van der Waals surface area contributed by atoms with Crippen LogP contribution < -0.4 is 5.32 Å². The van der Waals surface area contributed by atoms with Gasteiger partial charge in [0.2, 0.25) is 11.8 Å². The average molecular weight is 256 g/mol. The van der Waals surface area contributed by atoms with Crippen LogP contribution in [0.4, 0.5) is 0 Å². The Morgan fingerprint density at radius 1 is 1.39 bits per heavy atom. The highest BCUT2D eigenvalue weighted by Gasteiger charge is 2.36. The van der Waals surface area contributed by atoms with Gasteiger partial charge in [-0.1, -0.05) is 0 Å². The predicted molar refractivity (Wildman–Crippen MR) is 59.7 cm³/mol. The van der Waals surface area contributed by atoms with E-state index < -0.39 is 18.2 Å². The first kappa shape index (κ1) is 12.8. The number of rotatable bonds is 3. The third-order valence-electron chi connectivity index (χ3n) is 3.27. The van der Waals surface area contributed by atoms with E-state index in [-0.39, 0.29) is 24.3 Å². The van der Waals surface area contributed by atoms with Gasteiger partial charge in [0.25, 0.3) is 0 Å². The zero-order valence-electron chi connectivity index (χ0n) is 10.1. The minimum atomic E-state index is -1.04. The Morgan fingerprint density at radius 2 is 2.06 bits per heavy atom. The second-order valence-electron chi connectivity index (χ2n) is 4.71. The second-order valence-corrected chi connectivity index (χ2v) is 4.71. The van der Waals surface area contributed by atoms with Crippen molar-refractivity contribution in [2.75, 3.05) is 13.6 Å². The normalized spacial score (nSPS) is 31.7. The van der Waals surface area contributed by atoms with Gasteiger partial charge < -0.3 is 20.1 Å². The molecule has 1 unspecified atom stereocenters. The van der Waals surface area contributed by atoms with Crippen molar-refractivity contribution in [3.05, 3.63) is 0 Å². The van der Waals surface area contributed by atoms with Crippen LogP contribution in [-0.4, -0.2) is 59.6 Å². The predicted octanol–water partition coefficient (Wildman–Crippen LogP) is -1.03. The van der Waals surface area contributed by atoms with E-state index in [2.05, 4.69) is 5.32 Å². The molecule has 18 heavy (non-hydrogen) atoms. The molecule has 2 saturated heterocycles. The van der Waals surface area contributed by atoms with Crippen molar-refractivity contribution in [2.45, 2.75) is 37.5 Å². The molecule has 0 bridgehead atoms. The molecule has 2 heterocycles. The van der Waals surface area contributed by atoms with E-state index in [9.17, 15) is 14.4 Å². The Bertz CT molecular complexity index is 384. The molecule has 0 saturated carbocycles. The molecule has 0 aromatic rings. The van der Waals surface area contributed by atoms with Gasteiger partial charge in [0.15, 0.2) is 6.10 Å². The number of hydrogen-bond donors (Lipinski definition) is 2. The fraction of sp³-hybridized carbons (Fsp3) is 0.727. The molecular weight excluding hydrogens is 240 g/mol. The highest BCUT2D eigenvalue weighted by molar-refractivity contribution is 5.85. The Kier molecular flexibility index (Phi) is 3.51. The van der Waals surface area contributed by atoms with Gasteiger partial charge in [0, 0.05) is 20.0 Å². The van der Waals surface area contributed by atoms with E-state index in [1.165, 1.54) is 0 Å². The second kappa shape index (κ2) is 4.93. The monoisotopic (exact) mass is 256 g/mol. The summed E-state index contributed by atoms with van der Waals surface area (Å²) in [5.74, 6) is -1.37. The topological polar surface area (TPSA) is 95.9 Å². The van der Waals surface area contributed by atoms with Crippen LogP contribution in [0.2, 0.25) is 0 Å². The van der Waals surface area contributed by atoms with E-state index in [0.717, 1.165) is 0 Å². The van der Waals surface area contributed by atoms with Crippen molar-refractivity contribution in [3.63, 3.8) is 0 Å². The third-order valence-corrected chi connectivity index (χ3v) is 3.27. The number of nitrogens with zero attached hydrogens (tertiary/aromatic N) is 1. The number of carboxylic acids is 1. The van der Waals surface area contributed by atoms with Crippen LogP contribution in [0.3, 0.4) is 0 Å². The summed E-state index contributed by atoms with van der Waals surface area (Å²) >= 11 is 0. The Hall–Kier alpha value is -1.63. The van der Waals surface area contributed by atoms with Crippen molar-refractivity contribution < 1.29 is 24.2 Å². The van der Waals surface area contributed by atoms with Gasteiger partial charge in [0.05, 0.1) is 6.04 Å². The maximum Gasteiger partial charge on any atom is 0.332 e. The highest BCUT2D eigenvalue weighted by Crippen LogP contribution is 2.20. The first-order valence-electron chi connectivity index (χ1n) is 5.90. The minimum absolute atomic E-state index is 0.00365. The van der Waals surface area contributed by atoms with Crippen molar-refractivity contribution >= 4 is 17.8 Å². The first-order valence-corrected chi connectivity index (χ1v) is 5.90. The molecule has 2 aliphatic rings. The molecule has 7 nitrogen and oxygen atoms in total. The van der Waals surface area contributed by atoms with Crippen molar-refractivity contribution in [1.29, 1.82) is 0 Å². The zero-order valence-corrected chi connectivity index (χ0v) is 10.1. The molecule has 2 fully saturated rings. The van der Waals surface area contributed by atoms with Gasteiger partial charge in [-0.3, -0.25) is 9.59 Å². The van der Waals surface area contributed by atoms with Crippen molar-refractivity contribution in [2.24, 2.45) is 0 Å². The number of carbonyl (C=O) groups is 3. The SMILES string of the molecule is CN1CC(NC(=O)[C@@H]2CC[C@H](C(=O)O)O2)CC1=O. The molecule has 2 amide bonds. The summed E-state index contributed by atoms with van der Waals surface area (Å²) < 4.78 is 5.14. The molecule has 100 valence electrons. The number of hydrogen-bond acceptors (Lipinski definition) is 4. The molecule has 0 aliphatic carbocycles. The van der Waals surface area contributed by atoms with Crippen LogP contribution in [0.25, 0.3) is 0 Å². The third kappa shape index (κ3) is 2.61. The van der Waals surface area contributed by atoms with E-state index in [1.807, 2.05) is 0 Å². The standard InChI is InChI=1S/C11H16N2O5/c1-13-5-6(4-9(13)14)12-10(15)7-2-3-8(18-7)11(16)17/h6-8H,2-5H2,1H3,(H,12,15)(H,16,17)/t6?,7-,8+/m0/s1. The van der Waals surface area contributed by atoms with Crippen LogP contribution in [0.5, 0.6) is 0 Å². The van der Waals surface area contributed by atoms with Crippen LogP contribution in [0.1, 0.15) is 19.3 Å². The average Bonchev–Trinajstić information content (AvgIpc) is 2.87. The minimum Gasteiger partial charge on any atom is -0.479 e. The number of carbonyl (C=O) groups excluding carboxylic acids is 2. The Morgan fingerprint density at radius 3 is 2.56 bits per heavy atom. The lowest BCUT2D eigenvalue weighted by atomic mass is 10.1. The summed E-state index contributed by atoms with van der Waals surface area (Å²) in [6, 6.07) is -0.206. The number of likely N-dealkylation sites (tertiary alicyclic amines) is 1. The molecule has 0 aromatic heterocycles. The molecule has 0 radical (unpaired) electrons. The maximum atomic E-state index is 11.8. The lowest BCUT2D eigenvalue weighted by Gasteiger charge is -2.16. The highest BCUT2D eigenvalue weighted by atomic mass is 16.5. The molecule has 0 spiro atoms. The van der Waals surface area contributed by atoms with Crippen molar-refractivity contribution in [1.82, 2.24) is 10.2 Å². The number of ether oxygens (including phenoxy) is 1. The van der Waals surface area contributed by atoms with E-state index in [1.54, 1.807) is 11.9 Å². The molecule has 2 aliphatic heterocycles. The summed E-state index contributed by atoms with van der Waals surface area (Å²) in [7, 11) is 1.68. The summed E-state index contributed by atoms with van der Waals surface area (Å²) in [4.78, 5) is 35.4. The van der Waals surface area contributed by atoms with Gasteiger partial charge in [0.1, 0.15) is 6.10 Å². The number of aliphatic carboxylic acids is 1. The van der Waals surface area contributed by atoms with Gasteiger partial charge in [-0.05, 0) is 12.8 Å². The zero-order chi connectivity index (χ0) is 13.3. The van der Waals surface area contributed by atoms with Gasteiger partial charge in [-0.25, -0.2) is 4.79 Å². The molecular formula is C11H16N2O5. The number of likely N-dealkylation sites (N-methyl/N-ethyl adjacent to an activating group) is 1. The molecule has 7 heteroatoms. The number of amides is 2. The molecule has 2 rings (SSSR count). The van der Waals surface area contributed by atoms with Crippen molar-refractivity contribution in [3.8, 4) is 0 Å². The summed E-state index contributed by atoms with van der Waals surface area (Å²) in [6.07, 6.45) is -0.575. The maximum absolute atomic E-state index is 11.8. The first-order chi connectivity index (χ1) is 8.47. The Labute approximate surface area is 104 Å². The molecule has 0 aromatic carbocycles. The van der Waals surface area contributed by atoms with Crippen LogP contribution in [0.15, 0.2) is 0 Å². The number of carboxylic acid groups (broad SMARTS) is 1.